The van der Waals surface area contributed by atoms with Crippen LogP contribution in [-0.2, 0) is 11.0 Å². The van der Waals surface area contributed by atoms with Crippen LogP contribution in [0.25, 0.3) is 0 Å². The first kappa shape index (κ1) is 20.5. The van der Waals surface area contributed by atoms with Gasteiger partial charge >= 0.3 is 6.18 Å². The van der Waals surface area contributed by atoms with Crippen molar-refractivity contribution in [2.45, 2.75) is 19.0 Å². The highest BCUT2D eigenvalue weighted by molar-refractivity contribution is 5.85. The van der Waals surface area contributed by atoms with E-state index in [0.29, 0.717) is 6.42 Å². The Kier molecular flexibility index (Phi) is 9.60. The minimum atomic E-state index is -4.39. The van der Waals surface area contributed by atoms with E-state index in [9.17, 15) is 18.0 Å². The van der Waals surface area contributed by atoms with Gasteiger partial charge in [0.25, 0.3) is 0 Å². The predicted octanol–water partition coefficient (Wildman–Crippen LogP) is 2.62. The number of hydrogen-bond donors (Lipinski definition) is 2. The fraction of sp³-hybridized carbons (Fsp3) is 0.500. The number of benzene rings is 1. The molecule has 4 nitrogen and oxygen atoms in total. The van der Waals surface area contributed by atoms with Crippen LogP contribution in [0.4, 0.5) is 13.2 Å². The fourth-order valence-electron chi connectivity index (χ4n) is 1.64. The molecule has 22 heavy (non-hydrogen) atoms. The zero-order valence-electron chi connectivity index (χ0n) is 12.2. The Morgan fingerprint density at radius 1 is 1.27 bits per heavy atom. The minimum absolute atomic E-state index is 0. The van der Waals surface area contributed by atoms with Gasteiger partial charge in [-0.2, -0.15) is 13.2 Å². The molecule has 0 spiro atoms. The van der Waals surface area contributed by atoms with Crippen molar-refractivity contribution in [3.05, 3.63) is 29.8 Å². The number of ether oxygens (including phenoxy) is 1. The lowest BCUT2D eigenvalue weighted by Gasteiger charge is -2.10. The third kappa shape index (κ3) is 8.09. The molecule has 0 bridgehead atoms. The van der Waals surface area contributed by atoms with Gasteiger partial charge in [0.15, 0.2) is 0 Å². The summed E-state index contributed by atoms with van der Waals surface area (Å²) in [6, 6.07) is 4.66. The lowest BCUT2D eigenvalue weighted by molar-refractivity contribution is -0.137. The van der Waals surface area contributed by atoms with Gasteiger partial charge < -0.3 is 15.4 Å². The monoisotopic (exact) mass is 340 g/mol. The molecule has 0 atom stereocenters. The topological polar surface area (TPSA) is 50.4 Å². The Hall–Kier alpha value is -1.47. The first-order chi connectivity index (χ1) is 9.93. The SMILES string of the molecule is CNCCCC(=O)NCCOc1cccc(C(F)(F)F)c1.Cl. The van der Waals surface area contributed by atoms with Crippen LogP contribution in [0.3, 0.4) is 0 Å². The maximum atomic E-state index is 12.5. The van der Waals surface area contributed by atoms with Crippen molar-refractivity contribution in [2.75, 3.05) is 26.7 Å². The van der Waals surface area contributed by atoms with Crippen LogP contribution in [0.15, 0.2) is 24.3 Å². The van der Waals surface area contributed by atoms with Crippen molar-refractivity contribution >= 4 is 18.3 Å². The Labute approximate surface area is 133 Å². The number of rotatable bonds is 8. The summed E-state index contributed by atoms with van der Waals surface area (Å²) >= 11 is 0. The summed E-state index contributed by atoms with van der Waals surface area (Å²) in [6.45, 7) is 1.14. The number of carbonyl (C=O) groups is 1. The van der Waals surface area contributed by atoms with Crippen molar-refractivity contribution < 1.29 is 22.7 Å². The summed E-state index contributed by atoms with van der Waals surface area (Å²) in [6.07, 6.45) is -3.25. The van der Waals surface area contributed by atoms with Gasteiger partial charge in [-0.3, -0.25) is 4.79 Å². The van der Waals surface area contributed by atoms with Crippen molar-refractivity contribution in [1.29, 1.82) is 0 Å². The quantitative estimate of drug-likeness (QED) is 0.715. The molecule has 0 heterocycles. The molecule has 0 aromatic heterocycles. The number of carbonyl (C=O) groups excluding carboxylic acids is 1. The molecule has 8 heteroatoms. The lowest BCUT2D eigenvalue weighted by Crippen LogP contribution is -2.28. The van der Waals surface area contributed by atoms with Gasteiger partial charge in [-0.1, -0.05) is 6.07 Å². The number of alkyl halides is 3. The highest BCUT2D eigenvalue weighted by Gasteiger charge is 2.30. The first-order valence-corrected chi connectivity index (χ1v) is 6.65. The Morgan fingerprint density at radius 3 is 2.64 bits per heavy atom. The minimum Gasteiger partial charge on any atom is -0.492 e. The van der Waals surface area contributed by atoms with E-state index in [-0.39, 0.29) is 37.2 Å². The molecule has 0 aliphatic heterocycles. The summed E-state index contributed by atoms with van der Waals surface area (Å²) in [5, 5.41) is 5.58. The smallest absolute Gasteiger partial charge is 0.416 e. The molecule has 1 amide bonds. The zero-order valence-corrected chi connectivity index (χ0v) is 13.0. The van der Waals surface area contributed by atoms with E-state index in [1.807, 2.05) is 0 Å². The van der Waals surface area contributed by atoms with Crippen molar-refractivity contribution in [3.8, 4) is 5.75 Å². The molecule has 0 fully saturated rings. The van der Waals surface area contributed by atoms with Crippen LogP contribution in [-0.4, -0.2) is 32.7 Å². The molecule has 0 unspecified atom stereocenters. The Morgan fingerprint density at radius 2 is 2.00 bits per heavy atom. The zero-order chi connectivity index (χ0) is 15.7. The van der Waals surface area contributed by atoms with Crippen LogP contribution >= 0.6 is 12.4 Å². The molecular weight excluding hydrogens is 321 g/mol. The van der Waals surface area contributed by atoms with Gasteiger partial charge in [0.05, 0.1) is 12.1 Å². The summed E-state index contributed by atoms with van der Waals surface area (Å²) in [7, 11) is 1.81. The Bertz CT molecular complexity index is 456. The molecule has 2 N–H and O–H groups in total. The maximum absolute atomic E-state index is 12.5. The summed E-state index contributed by atoms with van der Waals surface area (Å²) < 4.78 is 42.7. The van der Waals surface area contributed by atoms with E-state index in [0.717, 1.165) is 25.1 Å². The van der Waals surface area contributed by atoms with Crippen LogP contribution in [0.5, 0.6) is 5.75 Å². The van der Waals surface area contributed by atoms with Gasteiger partial charge in [0.2, 0.25) is 5.91 Å². The molecule has 1 rings (SSSR count). The van der Waals surface area contributed by atoms with Gasteiger partial charge in [-0.15, -0.1) is 12.4 Å². The highest BCUT2D eigenvalue weighted by atomic mass is 35.5. The fourth-order valence-corrected chi connectivity index (χ4v) is 1.64. The second kappa shape index (κ2) is 10.3. The number of amides is 1. The number of hydrogen-bond acceptors (Lipinski definition) is 3. The van der Waals surface area contributed by atoms with Gasteiger partial charge in [-0.25, -0.2) is 0 Å². The van der Waals surface area contributed by atoms with E-state index in [4.69, 9.17) is 4.74 Å². The molecule has 0 saturated heterocycles. The number of halogens is 4. The Balaban J connectivity index is 0.00000441. The van der Waals surface area contributed by atoms with Gasteiger partial charge in [0, 0.05) is 6.42 Å². The van der Waals surface area contributed by atoms with E-state index in [1.165, 1.54) is 12.1 Å². The highest BCUT2D eigenvalue weighted by Crippen LogP contribution is 2.31. The largest absolute Gasteiger partial charge is 0.492 e. The second-order valence-electron chi connectivity index (χ2n) is 4.43. The van der Waals surface area contributed by atoms with Crippen molar-refractivity contribution in [3.63, 3.8) is 0 Å². The average Bonchev–Trinajstić information content (AvgIpc) is 2.43. The second-order valence-corrected chi connectivity index (χ2v) is 4.43. The first-order valence-electron chi connectivity index (χ1n) is 6.65. The van der Waals surface area contributed by atoms with E-state index < -0.39 is 11.7 Å². The van der Waals surface area contributed by atoms with E-state index in [2.05, 4.69) is 10.6 Å². The van der Waals surface area contributed by atoms with E-state index in [1.54, 1.807) is 7.05 Å². The normalized spacial score (nSPS) is 10.7. The molecule has 1 aromatic carbocycles. The number of nitrogens with one attached hydrogen (secondary N) is 2. The van der Waals surface area contributed by atoms with E-state index >= 15 is 0 Å². The maximum Gasteiger partial charge on any atom is 0.416 e. The van der Waals surface area contributed by atoms with Crippen LogP contribution in [0.1, 0.15) is 18.4 Å². The van der Waals surface area contributed by atoms with Crippen molar-refractivity contribution in [1.82, 2.24) is 10.6 Å². The predicted molar refractivity (Wildman–Crippen MR) is 80.4 cm³/mol. The third-order valence-corrected chi connectivity index (χ3v) is 2.68. The van der Waals surface area contributed by atoms with Crippen LogP contribution in [0.2, 0.25) is 0 Å². The van der Waals surface area contributed by atoms with Crippen LogP contribution < -0.4 is 15.4 Å². The lowest BCUT2D eigenvalue weighted by atomic mass is 10.2. The molecular formula is C14H20ClF3N2O2. The molecule has 0 aliphatic rings. The molecule has 126 valence electrons. The molecule has 0 aliphatic carbocycles. The summed E-state index contributed by atoms with van der Waals surface area (Å²) in [5.74, 6) is 0.0344. The van der Waals surface area contributed by atoms with Gasteiger partial charge in [0.1, 0.15) is 12.4 Å². The standard InChI is InChI=1S/C14H19F3N2O2.ClH/c1-18-7-3-6-13(20)19-8-9-21-12-5-2-4-11(10-12)14(15,16)17;/h2,4-5,10,18H,3,6-9H2,1H3,(H,19,20);1H. The summed E-state index contributed by atoms with van der Waals surface area (Å²) in [4.78, 5) is 11.4. The third-order valence-electron chi connectivity index (χ3n) is 2.68. The average molecular weight is 341 g/mol. The molecule has 0 radical (unpaired) electrons. The molecule has 1 aromatic rings. The molecule has 0 saturated carbocycles. The van der Waals surface area contributed by atoms with Crippen molar-refractivity contribution in [2.24, 2.45) is 0 Å². The summed E-state index contributed by atoms with van der Waals surface area (Å²) in [5.41, 5.74) is -0.754. The van der Waals surface area contributed by atoms with Crippen LogP contribution in [0, 0.1) is 0 Å². The van der Waals surface area contributed by atoms with Gasteiger partial charge in [-0.05, 0) is 38.2 Å².